The van der Waals surface area contributed by atoms with Crippen LogP contribution in [-0.4, -0.2) is 30.1 Å². The van der Waals surface area contributed by atoms with E-state index in [1.54, 1.807) is 24.5 Å². The third kappa shape index (κ3) is 2.95. The topological polar surface area (TPSA) is 92.7 Å². The average molecular weight is 260 g/mol. The number of anilines is 1. The number of hydrazine groups is 1. The second kappa shape index (κ2) is 5.76. The lowest BCUT2D eigenvalue weighted by atomic mass is 10.1. The van der Waals surface area contributed by atoms with Crippen LogP contribution >= 0.6 is 0 Å². The number of carbonyl (C=O) groups excluding carboxylic acids is 2. The van der Waals surface area contributed by atoms with Crippen molar-refractivity contribution in [3.05, 3.63) is 35.9 Å². The maximum atomic E-state index is 11.8. The van der Waals surface area contributed by atoms with Gasteiger partial charge in [0.25, 0.3) is 0 Å². The molecule has 2 heterocycles. The molecule has 7 nitrogen and oxygen atoms in total. The van der Waals surface area contributed by atoms with E-state index in [0.29, 0.717) is 5.69 Å². The molecule has 0 bridgehead atoms. The number of ether oxygens (including phenoxy) is 1. The van der Waals surface area contributed by atoms with Gasteiger partial charge in [0.2, 0.25) is 0 Å². The van der Waals surface area contributed by atoms with Crippen LogP contribution in [0, 0.1) is 0 Å². The van der Waals surface area contributed by atoms with Gasteiger partial charge in [-0.3, -0.25) is 25.6 Å². The van der Waals surface area contributed by atoms with Gasteiger partial charge < -0.3 is 4.74 Å². The van der Waals surface area contributed by atoms with Crippen LogP contribution in [0.15, 0.2) is 40.9 Å². The van der Waals surface area contributed by atoms with Crippen LogP contribution in [0.5, 0.6) is 0 Å². The van der Waals surface area contributed by atoms with Crippen molar-refractivity contribution in [2.24, 2.45) is 4.99 Å². The van der Waals surface area contributed by atoms with Crippen molar-refractivity contribution < 1.29 is 14.3 Å². The smallest absolute Gasteiger partial charge is 0.359 e. The fourth-order valence-electron chi connectivity index (χ4n) is 1.47. The highest BCUT2D eigenvalue weighted by atomic mass is 16.5. The molecule has 0 saturated heterocycles. The Morgan fingerprint density at radius 2 is 2.26 bits per heavy atom. The van der Waals surface area contributed by atoms with E-state index in [1.807, 2.05) is 0 Å². The first-order valence-electron chi connectivity index (χ1n) is 5.52. The Labute approximate surface area is 109 Å². The summed E-state index contributed by atoms with van der Waals surface area (Å²) in [4.78, 5) is 31.1. The second-order valence-corrected chi connectivity index (χ2v) is 3.65. The van der Waals surface area contributed by atoms with Crippen LogP contribution in [0.25, 0.3) is 0 Å². The Bertz CT molecular complexity index is 551. The van der Waals surface area contributed by atoms with Gasteiger partial charge >= 0.3 is 5.97 Å². The Hall–Kier alpha value is -2.70. The van der Waals surface area contributed by atoms with Gasteiger partial charge in [-0.05, 0) is 12.1 Å². The van der Waals surface area contributed by atoms with E-state index in [1.165, 1.54) is 13.3 Å². The number of pyridine rings is 1. The largest absolute Gasteiger partial charge is 0.464 e. The lowest BCUT2D eigenvalue weighted by Crippen LogP contribution is -2.31. The molecule has 98 valence electrons. The van der Waals surface area contributed by atoms with E-state index in [0.717, 1.165) is 0 Å². The molecule has 1 aliphatic heterocycles. The summed E-state index contributed by atoms with van der Waals surface area (Å²) < 4.78 is 4.58. The van der Waals surface area contributed by atoms with E-state index in [9.17, 15) is 9.59 Å². The number of allylic oxidation sites excluding steroid dienone is 1. The Morgan fingerprint density at radius 1 is 1.42 bits per heavy atom. The monoisotopic (exact) mass is 260 g/mol. The summed E-state index contributed by atoms with van der Waals surface area (Å²) in [5.41, 5.74) is 6.15. The number of methoxy groups -OCH3 is 1. The average Bonchev–Trinajstić information content (AvgIpc) is 2.46. The molecule has 7 heteroatoms. The molecule has 0 aromatic carbocycles. The summed E-state index contributed by atoms with van der Waals surface area (Å²) in [7, 11) is 1.23. The van der Waals surface area contributed by atoms with E-state index in [4.69, 9.17) is 0 Å². The number of Topliss-reactive ketones (excluding diaryl/α,β-unsaturated/α-hetero) is 1. The van der Waals surface area contributed by atoms with Crippen LogP contribution in [0.3, 0.4) is 0 Å². The highest BCUT2D eigenvalue weighted by Gasteiger charge is 2.23. The number of carbonyl (C=O) groups is 2. The summed E-state index contributed by atoms with van der Waals surface area (Å²) in [5.74, 6) is -0.911. The molecule has 2 N–H and O–H groups in total. The van der Waals surface area contributed by atoms with Gasteiger partial charge in [-0.15, -0.1) is 0 Å². The molecule has 1 aromatic rings. The molecular weight excluding hydrogens is 248 g/mol. The summed E-state index contributed by atoms with van der Waals surface area (Å²) in [5, 5.41) is 0. The first-order valence-corrected chi connectivity index (χ1v) is 5.52. The van der Waals surface area contributed by atoms with Crippen molar-refractivity contribution in [1.29, 1.82) is 0 Å². The number of nitrogens with zero attached hydrogens (tertiary/aromatic N) is 2. The Kier molecular flexibility index (Phi) is 3.87. The van der Waals surface area contributed by atoms with Gasteiger partial charge in [-0.1, -0.05) is 0 Å². The van der Waals surface area contributed by atoms with E-state index in [-0.39, 0.29) is 23.6 Å². The normalized spacial score (nSPS) is 14.3. The van der Waals surface area contributed by atoms with Gasteiger partial charge in [0.05, 0.1) is 19.0 Å². The first-order chi connectivity index (χ1) is 9.22. The Morgan fingerprint density at radius 3 is 2.95 bits per heavy atom. The lowest BCUT2D eigenvalue weighted by Gasteiger charge is -2.15. The van der Waals surface area contributed by atoms with Crippen LogP contribution in [-0.2, 0) is 14.3 Å². The van der Waals surface area contributed by atoms with Gasteiger partial charge in [-0.2, -0.15) is 0 Å². The van der Waals surface area contributed by atoms with Crippen LogP contribution in [0.1, 0.15) is 6.42 Å². The SMILES string of the molecule is COC(=O)C1=C(NNc2cccnc2)C(=O)CC=N1. The molecule has 0 radical (unpaired) electrons. The van der Waals surface area contributed by atoms with Crippen molar-refractivity contribution in [1.82, 2.24) is 10.4 Å². The minimum atomic E-state index is -0.667. The Balaban J connectivity index is 2.18. The number of esters is 1. The summed E-state index contributed by atoms with van der Waals surface area (Å²) in [6.07, 6.45) is 4.71. The van der Waals surface area contributed by atoms with Crippen molar-refractivity contribution >= 4 is 23.7 Å². The first kappa shape index (κ1) is 12.7. The molecule has 0 atom stereocenters. The van der Waals surface area contributed by atoms with E-state index < -0.39 is 5.97 Å². The highest BCUT2D eigenvalue weighted by Crippen LogP contribution is 2.13. The molecule has 19 heavy (non-hydrogen) atoms. The fraction of sp³-hybridized carbons (Fsp3) is 0.167. The van der Waals surface area contributed by atoms with Crippen molar-refractivity contribution in [3.8, 4) is 0 Å². The third-order valence-electron chi connectivity index (χ3n) is 2.38. The van der Waals surface area contributed by atoms with Crippen LogP contribution in [0.2, 0.25) is 0 Å². The van der Waals surface area contributed by atoms with Crippen molar-refractivity contribution in [2.45, 2.75) is 6.42 Å². The zero-order valence-corrected chi connectivity index (χ0v) is 10.2. The number of aliphatic imine (C=N–C) groups is 1. The number of aromatic nitrogens is 1. The number of ketones is 1. The van der Waals surface area contributed by atoms with E-state index >= 15 is 0 Å². The van der Waals surface area contributed by atoms with Crippen LogP contribution < -0.4 is 10.9 Å². The molecule has 1 aliphatic rings. The highest BCUT2D eigenvalue weighted by molar-refractivity contribution is 6.11. The second-order valence-electron chi connectivity index (χ2n) is 3.65. The predicted molar refractivity (Wildman–Crippen MR) is 68.2 cm³/mol. The maximum absolute atomic E-state index is 11.8. The number of hydrogen-bond donors (Lipinski definition) is 2. The minimum Gasteiger partial charge on any atom is -0.464 e. The van der Waals surface area contributed by atoms with Crippen LogP contribution in [0.4, 0.5) is 5.69 Å². The van der Waals surface area contributed by atoms with Gasteiger partial charge in [0, 0.05) is 18.8 Å². The standard InChI is InChI=1S/C12H12N4O3/c1-19-12(18)11-10(9(17)4-6-14-11)16-15-8-3-2-5-13-7-8/h2-3,5-7,15-16H,4H2,1H3. The van der Waals surface area contributed by atoms with Gasteiger partial charge in [-0.25, -0.2) is 4.79 Å². The maximum Gasteiger partial charge on any atom is 0.359 e. The zero-order valence-electron chi connectivity index (χ0n) is 10.2. The quantitative estimate of drug-likeness (QED) is 0.602. The molecule has 0 fully saturated rings. The molecule has 0 saturated carbocycles. The third-order valence-corrected chi connectivity index (χ3v) is 2.38. The molecule has 0 unspecified atom stereocenters. The van der Waals surface area contributed by atoms with Gasteiger partial charge in [0.1, 0.15) is 5.70 Å². The van der Waals surface area contributed by atoms with Crippen molar-refractivity contribution in [3.63, 3.8) is 0 Å². The van der Waals surface area contributed by atoms with Crippen molar-refractivity contribution in [2.75, 3.05) is 12.5 Å². The lowest BCUT2D eigenvalue weighted by molar-refractivity contribution is -0.136. The molecule has 0 amide bonds. The molecule has 0 spiro atoms. The summed E-state index contributed by atoms with van der Waals surface area (Å²) in [6.45, 7) is 0. The van der Waals surface area contributed by atoms with E-state index in [2.05, 4.69) is 25.6 Å². The number of nitrogens with one attached hydrogen (secondary N) is 2. The molecule has 0 aliphatic carbocycles. The minimum absolute atomic E-state index is 0.0462. The molecule has 2 rings (SSSR count). The number of hydrogen-bond acceptors (Lipinski definition) is 7. The predicted octanol–water partition coefficient (Wildman–Crippen LogP) is 0.426. The molecular formula is C12H12N4O3. The van der Waals surface area contributed by atoms with Gasteiger partial charge in [0.15, 0.2) is 11.5 Å². The summed E-state index contributed by atoms with van der Waals surface area (Å²) >= 11 is 0. The molecule has 1 aromatic heterocycles. The number of rotatable bonds is 4. The summed E-state index contributed by atoms with van der Waals surface area (Å²) in [6, 6.07) is 3.50. The zero-order chi connectivity index (χ0) is 13.7. The fourth-order valence-corrected chi connectivity index (χ4v) is 1.47.